The number of carbonyl (C=O) groups excluding carboxylic acids is 2. The molecule has 7 heteroatoms. The summed E-state index contributed by atoms with van der Waals surface area (Å²) < 4.78 is 6.74. The fourth-order valence-corrected chi connectivity index (χ4v) is 2.77. The van der Waals surface area contributed by atoms with Crippen molar-refractivity contribution in [1.82, 2.24) is 9.47 Å². The lowest BCUT2D eigenvalue weighted by atomic mass is 10.1. The minimum atomic E-state index is -0.211. The van der Waals surface area contributed by atoms with E-state index in [0.29, 0.717) is 44.1 Å². The zero-order valence-corrected chi connectivity index (χ0v) is 14.4. The van der Waals surface area contributed by atoms with Crippen LogP contribution in [0.25, 0.3) is 0 Å². The van der Waals surface area contributed by atoms with E-state index < -0.39 is 0 Å². The Labute approximate surface area is 151 Å². The van der Waals surface area contributed by atoms with Crippen molar-refractivity contribution in [1.29, 1.82) is 0 Å². The van der Waals surface area contributed by atoms with E-state index in [1.807, 2.05) is 0 Å². The Morgan fingerprint density at radius 1 is 1.08 bits per heavy atom. The zero-order chi connectivity index (χ0) is 18.4. The van der Waals surface area contributed by atoms with E-state index in [4.69, 9.17) is 4.74 Å². The molecule has 1 N–H and O–H groups in total. The molecule has 7 nitrogen and oxygen atoms in total. The topological polar surface area (TPSA) is 80.6 Å². The molecule has 3 rings (SSSR count). The predicted molar refractivity (Wildman–Crippen MR) is 97.1 cm³/mol. The van der Waals surface area contributed by atoms with Crippen LogP contribution in [0.3, 0.4) is 0 Å². The van der Waals surface area contributed by atoms with Crippen molar-refractivity contribution in [3.63, 3.8) is 0 Å². The minimum Gasteiger partial charge on any atom is -0.378 e. The fraction of sp³-hybridized carbons (Fsp3) is 0.316. The standard InChI is InChI=1S/C19H21N3O4/c23-17(7-9-21-8-2-1-6-18(21)24)20-16-5-3-4-15(14-16)19(25)22-10-12-26-13-11-22/h1-6,8,14H,7,9-13H2,(H,20,23). The first-order chi connectivity index (χ1) is 12.6. The van der Waals surface area contributed by atoms with Crippen molar-refractivity contribution >= 4 is 17.5 Å². The minimum absolute atomic E-state index is 0.0692. The highest BCUT2D eigenvalue weighted by molar-refractivity contribution is 5.97. The van der Waals surface area contributed by atoms with Crippen LogP contribution in [-0.4, -0.2) is 47.6 Å². The van der Waals surface area contributed by atoms with Gasteiger partial charge in [-0.25, -0.2) is 0 Å². The number of hydrogen-bond donors (Lipinski definition) is 1. The molecular formula is C19H21N3O4. The van der Waals surface area contributed by atoms with Crippen LogP contribution in [0.4, 0.5) is 5.69 Å². The summed E-state index contributed by atoms with van der Waals surface area (Å²) in [4.78, 5) is 38.0. The maximum atomic E-state index is 12.5. The van der Waals surface area contributed by atoms with Gasteiger partial charge in [-0.3, -0.25) is 14.4 Å². The molecule has 1 aromatic carbocycles. The third-order valence-electron chi connectivity index (χ3n) is 4.17. The molecule has 1 aromatic heterocycles. The van der Waals surface area contributed by atoms with E-state index in [9.17, 15) is 14.4 Å². The third kappa shape index (κ3) is 4.58. The maximum absolute atomic E-state index is 12.5. The number of ether oxygens (including phenoxy) is 1. The molecule has 1 fully saturated rings. The number of morpholine rings is 1. The highest BCUT2D eigenvalue weighted by Crippen LogP contribution is 2.14. The Morgan fingerprint density at radius 3 is 2.65 bits per heavy atom. The number of carbonyl (C=O) groups is 2. The Kier molecular flexibility index (Phi) is 5.80. The summed E-state index contributed by atoms with van der Waals surface area (Å²) in [6.07, 6.45) is 1.82. The highest BCUT2D eigenvalue weighted by atomic mass is 16.5. The molecule has 0 bridgehead atoms. The first kappa shape index (κ1) is 17.9. The lowest BCUT2D eigenvalue weighted by Gasteiger charge is -2.27. The van der Waals surface area contributed by atoms with Crippen molar-refractivity contribution in [2.45, 2.75) is 13.0 Å². The number of nitrogens with one attached hydrogen (secondary N) is 1. The summed E-state index contributed by atoms with van der Waals surface area (Å²) in [7, 11) is 0. The molecule has 136 valence electrons. The van der Waals surface area contributed by atoms with E-state index in [1.54, 1.807) is 47.5 Å². The largest absolute Gasteiger partial charge is 0.378 e. The second-order valence-corrected chi connectivity index (χ2v) is 6.02. The van der Waals surface area contributed by atoms with Crippen LogP contribution in [0.5, 0.6) is 0 Å². The average Bonchev–Trinajstić information content (AvgIpc) is 2.68. The van der Waals surface area contributed by atoms with Crippen LogP contribution in [0, 0.1) is 0 Å². The van der Waals surface area contributed by atoms with E-state index in [-0.39, 0.29) is 23.8 Å². The lowest BCUT2D eigenvalue weighted by molar-refractivity contribution is -0.116. The predicted octanol–water partition coefficient (Wildman–Crippen LogP) is 1.35. The number of hydrogen-bond acceptors (Lipinski definition) is 4. The number of aryl methyl sites for hydroxylation is 1. The van der Waals surface area contributed by atoms with Gasteiger partial charge >= 0.3 is 0 Å². The van der Waals surface area contributed by atoms with Crippen molar-refractivity contribution in [2.75, 3.05) is 31.6 Å². The summed E-state index contributed by atoms with van der Waals surface area (Å²) in [6, 6.07) is 11.8. The molecular weight excluding hydrogens is 334 g/mol. The van der Waals surface area contributed by atoms with Crippen molar-refractivity contribution in [3.8, 4) is 0 Å². The number of anilines is 1. The molecule has 0 radical (unpaired) electrons. The molecule has 0 unspecified atom stereocenters. The third-order valence-corrected chi connectivity index (χ3v) is 4.17. The molecule has 0 saturated carbocycles. The van der Waals surface area contributed by atoms with Gasteiger partial charge in [-0.2, -0.15) is 0 Å². The number of nitrogens with zero attached hydrogens (tertiary/aromatic N) is 2. The number of rotatable bonds is 5. The number of pyridine rings is 1. The van der Waals surface area contributed by atoms with Crippen LogP contribution in [-0.2, 0) is 16.1 Å². The molecule has 0 spiro atoms. The van der Waals surface area contributed by atoms with E-state index in [2.05, 4.69) is 5.32 Å². The highest BCUT2D eigenvalue weighted by Gasteiger charge is 2.18. The molecule has 26 heavy (non-hydrogen) atoms. The van der Waals surface area contributed by atoms with Gasteiger partial charge in [0.15, 0.2) is 0 Å². The second-order valence-electron chi connectivity index (χ2n) is 6.02. The van der Waals surface area contributed by atoms with Gasteiger partial charge in [0, 0.05) is 49.6 Å². The summed E-state index contributed by atoms with van der Waals surface area (Å²) in [5.74, 6) is -0.281. The van der Waals surface area contributed by atoms with Crippen LogP contribution in [0.1, 0.15) is 16.8 Å². The maximum Gasteiger partial charge on any atom is 0.254 e. The van der Waals surface area contributed by atoms with Crippen LogP contribution >= 0.6 is 0 Å². The Hall–Kier alpha value is -2.93. The van der Waals surface area contributed by atoms with Gasteiger partial charge in [-0.15, -0.1) is 0 Å². The van der Waals surface area contributed by atoms with Gasteiger partial charge in [0.2, 0.25) is 5.91 Å². The van der Waals surface area contributed by atoms with E-state index in [0.717, 1.165) is 0 Å². The van der Waals surface area contributed by atoms with E-state index >= 15 is 0 Å². The average molecular weight is 355 g/mol. The van der Waals surface area contributed by atoms with Gasteiger partial charge < -0.3 is 19.5 Å². The van der Waals surface area contributed by atoms with Crippen LogP contribution in [0.2, 0.25) is 0 Å². The number of aromatic nitrogens is 1. The van der Waals surface area contributed by atoms with Crippen LogP contribution in [0.15, 0.2) is 53.5 Å². The monoisotopic (exact) mass is 355 g/mol. The summed E-state index contributed by atoms with van der Waals surface area (Å²) in [6.45, 7) is 2.53. The van der Waals surface area contributed by atoms with Crippen molar-refractivity contribution in [2.24, 2.45) is 0 Å². The Bertz CT molecular complexity index is 840. The fourth-order valence-electron chi connectivity index (χ4n) is 2.77. The first-order valence-electron chi connectivity index (χ1n) is 8.56. The molecule has 0 aliphatic carbocycles. The van der Waals surface area contributed by atoms with Gasteiger partial charge in [-0.05, 0) is 24.3 Å². The zero-order valence-electron chi connectivity index (χ0n) is 14.4. The molecule has 0 atom stereocenters. The van der Waals surface area contributed by atoms with E-state index in [1.165, 1.54) is 10.6 Å². The van der Waals surface area contributed by atoms with Gasteiger partial charge in [0.1, 0.15) is 0 Å². The quantitative estimate of drug-likeness (QED) is 0.878. The summed E-state index contributed by atoms with van der Waals surface area (Å²) in [5.41, 5.74) is 0.955. The summed E-state index contributed by atoms with van der Waals surface area (Å²) >= 11 is 0. The lowest BCUT2D eigenvalue weighted by Crippen LogP contribution is -2.40. The summed E-state index contributed by atoms with van der Waals surface area (Å²) in [5, 5.41) is 2.78. The van der Waals surface area contributed by atoms with Gasteiger partial charge in [-0.1, -0.05) is 12.1 Å². The SMILES string of the molecule is O=C(CCn1ccccc1=O)Nc1cccc(C(=O)N2CCOCC2)c1. The van der Waals surface area contributed by atoms with Gasteiger partial charge in [0.05, 0.1) is 13.2 Å². The van der Waals surface area contributed by atoms with Crippen molar-refractivity contribution < 1.29 is 14.3 Å². The first-order valence-corrected chi connectivity index (χ1v) is 8.56. The molecule has 1 aliphatic rings. The number of benzene rings is 1. The smallest absolute Gasteiger partial charge is 0.254 e. The van der Waals surface area contributed by atoms with Crippen molar-refractivity contribution in [3.05, 3.63) is 64.6 Å². The molecule has 1 saturated heterocycles. The Morgan fingerprint density at radius 2 is 1.88 bits per heavy atom. The van der Waals surface area contributed by atoms with Gasteiger partial charge in [0.25, 0.3) is 11.5 Å². The molecule has 2 aromatic rings. The molecule has 2 amide bonds. The molecule has 1 aliphatic heterocycles. The van der Waals surface area contributed by atoms with Crippen LogP contribution < -0.4 is 10.9 Å². The number of amides is 2. The molecule has 2 heterocycles. The second kappa shape index (κ2) is 8.44. The Balaban J connectivity index is 1.59. The normalized spacial score (nSPS) is 14.1.